The van der Waals surface area contributed by atoms with E-state index >= 15 is 0 Å². The van der Waals surface area contributed by atoms with Gasteiger partial charge >= 0.3 is 0 Å². The van der Waals surface area contributed by atoms with Gasteiger partial charge in [-0.25, -0.2) is 4.68 Å². The highest BCUT2D eigenvalue weighted by atomic mass is 79.9. The van der Waals surface area contributed by atoms with Gasteiger partial charge in [0.2, 0.25) is 0 Å². The lowest BCUT2D eigenvalue weighted by molar-refractivity contribution is 0.414. The molecule has 2 rings (SSSR count). The Morgan fingerprint density at radius 2 is 1.94 bits per heavy atom. The number of benzene rings is 1. The molecule has 1 heterocycles. The van der Waals surface area contributed by atoms with Crippen LogP contribution in [0.25, 0.3) is 0 Å². The van der Waals surface area contributed by atoms with Crippen LogP contribution >= 0.6 is 31.9 Å². The number of ether oxygens (including phenoxy) is 1. The van der Waals surface area contributed by atoms with Gasteiger partial charge in [-0.1, -0.05) is 17.3 Å². The zero-order valence-electron chi connectivity index (χ0n) is 8.52. The maximum absolute atomic E-state index is 5.10. The maximum atomic E-state index is 5.10. The lowest BCUT2D eigenvalue weighted by atomic mass is 10.2. The number of methoxy groups -OCH3 is 1. The Kier molecular flexibility index (Phi) is 3.60. The number of halogens is 2. The van der Waals surface area contributed by atoms with Crippen LogP contribution in [0.1, 0.15) is 5.56 Å². The number of aromatic nitrogens is 3. The molecule has 4 nitrogen and oxygen atoms in total. The molecule has 1 aromatic carbocycles. The van der Waals surface area contributed by atoms with Crippen LogP contribution < -0.4 is 4.74 Å². The van der Waals surface area contributed by atoms with E-state index in [2.05, 4.69) is 42.2 Å². The fourth-order valence-electron chi connectivity index (χ4n) is 1.29. The molecule has 1 aromatic heterocycles. The molecule has 0 atom stereocenters. The standard InChI is InChI=1S/C10H9Br2N3O/c1-16-8-4-2-7(3-5-8)6-15-10(12)9(11)13-14-15/h2-5H,6H2,1H3. The van der Waals surface area contributed by atoms with Crippen molar-refractivity contribution in [3.63, 3.8) is 0 Å². The van der Waals surface area contributed by atoms with E-state index in [1.165, 1.54) is 0 Å². The van der Waals surface area contributed by atoms with E-state index in [-0.39, 0.29) is 0 Å². The molecular weight excluding hydrogens is 338 g/mol. The van der Waals surface area contributed by atoms with E-state index in [0.29, 0.717) is 11.1 Å². The smallest absolute Gasteiger partial charge is 0.162 e. The molecule has 0 bridgehead atoms. The van der Waals surface area contributed by atoms with Gasteiger partial charge in [0.05, 0.1) is 13.7 Å². The first-order valence-corrected chi connectivity index (χ1v) is 6.16. The van der Waals surface area contributed by atoms with Gasteiger partial charge in [-0.3, -0.25) is 0 Å². The molecule has 0 radical (unpaired) electrons. The number of rotatable bonds is 3. The van der Waals surface area contributed by atoms with E-state index < -0.39 is 0 Å². The zero-order chi connectivity index (χ0) is 11.5. The van der Waals surface area contributed by atoms with Crippen LogP contribution in [0.3, 0.4) is 0 Å². The normalized spacial score (nSPS) is 10.4. The topological polar surface area (TPSA) is 39.9 Å². The van der Waals surface area contributed by atoms with Crippen LogP contribution in [-0.4, -0.2) is 22.1 Å². The first kappa shape index (κ1) is 11.6. The summed E-state index contributed by atoms with van der Waals surface area (Å²) in [5.74, 6) is 0.850. The highest BCUT2D eigenvalue weighted by Gasteiger charge is 2.07. The minimum absolute atomic E-state index is 0.670. The van der Waals surface area contributed by atoms with Crippen LogP contribution in [0.4, 0.5) is 0 Å². The molecule has 0 unspecified atom stereocenters. The second-order valence-electron chi connectivity index (χ2n) is 3.18. The molecule has 0 saturated heterocycles. The van der Waals surface area contributed by atoms with Crippen molar-refractivity contribution in [2.75, 3.05) is 7.11 Å². The van der Waals surface area contributed by atoms with Gasteiger partial charge < -0.3 is 4.74 Å². The summed E-state index contributed by atoms with van der Waals surface area (Å²) < 4.78 is 8.41. The quantitative estimate of drug-likeness (QED) is 0.857. The Hall–Kier alpha value is -0.880. The summed E-state index contributed by atoms with van der Waals surface area (Å²) in [6.45, 7) is 0.670. The van der Waals surface area contributed by atoms with Crippen molar-refractivity contribution in [1.29, 1.82) is 0 Å². The summed E-state index contributed by atoms with van der Waals surface area (Å²) in [4.78, 5) is 0. The first-order valence-electron chi connectivity index (χ1n) is 4.58. The highest BCUT2D eigenvalue weighted by Crippen LogP contribution is 2.20. The minimum Gasteiger partial charge on any atom is -0.497 e. The second-order valence-corrected chi connectivity index (χ2v) is 4.68. The van der Waals surface area contributed by atoms with Crippen molar-refractivity contribution in [2.24, 2.45) is 0 Å². The first-order chi connectivity index (χ1) is 7.70. The van der Waals surface area contributed by atoms with Crippen LogP contribution in [-0.2, 0) is 6.54 Å². The van der Waals surface area contributed by atoms with Crippen molar-refractivity contribution in [2.45, 2.75) is 6.54 Å². The largest absolute Gasteiger partial charge is 0.497 e. The summed E-state index contributed by atoms with van der Waals surface area (Å²) in [6, 6.07) is 7.85. The van der Waals surface area contributed by atoms with Crippen molar-refractivity contribution in [1.82, 2.24) is 15.0 Å². The van der Waals surface area contributed by atoms with Gasteiger partial charge in [0.25, 0.3) is 0 Å². The minimum atomic E-state index is 0.670. The lowest BCUT2D eigenvalue weighted by Gasteiger charge is -2.04. The molecule has 0 amide bonds. The second kappa shape index (κ2) is 4.97. The Morgan fingerprint density at radius 1 is 1.25 bits per heavy atom. The molecule has 2 aromatic rings. The van der Waals surface area contributed by atoms with Crippen molar-refractivity contribution < 1.29 is 4.74 Å². The van der Waals surface area contributed by atoms with E-state index in [4.69, 9.17) is 4.74 Å². The van der Waals surface area contributed by atoms with E-state index in [1.54, 1.807) is 11.8 Å². The SMILES string of the molecule is COc1ccc(Cn2nnc(Br)c2Br)cc1. The van der Waals surface area contributed by atoms with Gasteiger partial charge in [0.15, 0.2) is 4.60 Å². The molecule has 0 N–H and O–H groups in total. The van der Waals surface area contributed by atoms with Crippen molar-refractivity contribution >= 4 is 31.9 Å². The molecule has 0 saturated carbocycles. The van der Waals surface area contributed by atoms with Crippen molar-refractivity contribution in [3.05, 3.63) is 39.0 Å². The summed E-state index contributed by atoms with van der Waals surface area (Å²) in [6.07, 6.45) is 0. The summed E-state index contributed by atoms with van der Waals surface area (Å²) in [5, 5.41) is 7.90. The molecular formula is C10H9Br2N3O. The Balaban J connectivity index is 2.17. The molecule has 0 spiro atoms. The summed E-state index contributed by atoms with van der Waals surface area (Å²) >= 11 is 6.69. The molecule has 6 heteroatoms. The van der Waals surface area contributed by atoms with E-state index in [1.807, 2.05) is 24.3 Å². The third-order valence-corrected chi connectivity index (χ3v) is 3.98. The number of nitrogens with zero attached hydrogens (tertiary/aromatic N) is 3. The molecule has 0 aliphatic carbocycles. The molecule has 16 heavy (non-hydrogen) atoms. The number of hydrogen-bond acceptors (Lipinski definition) is 3. The van der Waals surface area contributed by atoms with E-state index in [0.717, 1.165) is 15.9 Å². The van der Waals surface area contributed by atoms with Gasteiger partial charge in [-0.05, 0) is 49.6 Å². The molecule has 0 aliphatic rings. The van der Waals surface area contributed by atoms with Crippen molar-refractivity contribution in [3.8, 4) is 5.75 Å². The third-order valence-electron chi connectivity index (χ3n) is 2.13. The molecule has 0 fully saturated rings. The summed E-state index contributed by atoms with van der Waals surface area (Å²) in [7, 11) is 1.65. The highest BCUT2D eigenvalue weighted by molar-refractivity contribution is 9.13. The van der Waals surface area contributed by atoms with Crippen LogP contribution in [0, 0.1) is 0 Å². The van der Waals surface area contributed by atoms with Gasteiger partial charge in [-0.15, -0.1) is 5.10 Å². The fraction of sp³-hybridized carbons (Fsp3) is 0.200. The van der Waals surface area contributed by atoms with Crippen LogP contribution in [0.15, 0.2) is 33.5 Å². The molecule has 0 aliphatic heterocycles. The van der Waals surface area contributed by atoms with Gasteiger partial charge in [0.1, 0.15) is 10.4 Å². The average Bonchev–Trinajstić information content (AvgIpc) is 2.62. The summed E-state index contributed by atoms with van der Waals surface area (Å²) in [5.41, 5.74) is 1.14. The predicted molar refractivity (Wildman–Crippen MR) is 67.5 cm³/mol. The lowest BCUT2D eigenvalue weighted by Crippen LogP contribution is -2.02. The van der Waals surface area contributed by atoms with E-state index in [9.17, 15) is 0 Å². The Bertz CT molecular complexity index is 481. The van der Waals surface area contributed by atoms with Crippen LogP contribution in [0.2, 0.25) is 0 Å². The average molecular weight is 347 g/mol. The third kappa shape index (κ3) is 2.44. The predicted octanol–water partition coefficient (Wildman–Crippen LogP) is 2.86. The zero-order valence-corrected chi connectivity index (χ0v) is 11.7. The van der Waals surface area contributed by atoms with Gasteiger partial charge in [0, 0.05) is 0 Å². The fourth-order valence-corrected chi connectivity index (χ4v) is 1.84. The monoisotopic (exact) mass is 345 g/mol. The number of hydrogen-bond donors (Lipinski definition) is 0. The van der Waals surface area contributed by atoms with Crippen LogP contribution in [0.5, 0.6) is 5.75 Å². The Morgan fingerprint density at radius 3 is 2.44 bits per heavy atom. The van der Waals surface area contributed by atoms with Gasteiger partial charge in [-0.2, -0.15) is 0 Å². The maximum Gasteiger partial charge on any atom is 0.162 e. The molecule has 84 valence electrons. The Labute approximate surface area is 110 Å².